The summed E-state index contributed by atoms with van der Waals surface area (Å²) in [7, 11) is 0. The Morgan fingerprint density at radius 1 is 1.05 bits per heavy atom. The summed E-state index contributed by atoms with van der Waals surface area (Å²) in [5, 5.41) is 13.2. The average Bonchev–Trinajstić information content (AvgIpc) is 2.98. The largest absolute Gasteiger partial charge is 0.508 e. The van der Waals surface area contributed by atoms with Crippen LogP contribution in [0.3, 0.4) is 0 Å². The predicted molar refractivity (Wildman–Crippen MR) is 77.7 cm³/mol. The van der Waals surface area contributed by atoms with Crippen molar-refractivity contribution in [3.05, 3.63) is 77.4 Å². The molecule has 0 bridgehead atoms. The van der Waals surface area contributed by atoms with E-state index in [0.29, 0.717) is 18.1 Å². The van der Waals surface area contributed by atoms with Gasteiger partial charge in [0.15, 0.2) is 5.82 Å². The quantitative estimate of drug-likeness (QED) is 0.767. The Labute approximate surface area is 122 Å². The maximum atomic E-state index is 9.26. The third-order valence-electron chi connectivity index (χ3n) is 3.21. The summed E-state index contributed by atoms with van der Waals surface area (Å²) >= 11 is 0. The van der Waals surface area contributed by atoms with Crippen molar-refractivity contribution in [1.29, 1.82) is 0 Å². The van der Waals surface area contributed by atoms with Crippen LogP contribution in [-0.2, 0) is 6.42 Å². The molecule has 5 heteroatoms. The molecule has 0 unspecified atom stereocenters. The highest BCUT2D eigenvalue weighted by Gasteiger charge is 2.16. The molecule has 5 nitrogen and oxygen atoms in total. The molecule has 1 aromatic heterocycles. The molecule has 3 N–H and O–H groups in total. The number of benzene rings is 2. The van der Waals surface area contributed by atoms with E-state index in [2.05, 4.69) is 10.1 Å². The topological polar surface area (TPSA) is 85.2 Å². The van der Waals surface area contributed by atoms with E-state index >= 15 is 0 Å². The number of rotatable bonds is 4. The molecule has 1 heterocycles. The van der Waals surface area contributed by atoms with E-state index in [1.165, 1.54) is 0 Å². The first kappa shape index (κ1) is 13.3. The van der Waals surface area contributed by atoms with Gasteiger partial charge in [0.05, 0.1) is 0 Å². The van der Waals surface area contributed by atoms with Crippen molar-refractivity contribution in [1.82, 2.24) is 10.1 Å². The number of hydrogen-bond acceptors (Lipinski definition) is 5. The van der Waals surface area contributed by atoms with Crippen LogP contribution in [0.15, 0.2) is 59.1 Å². The van der Waals surface area contributed by atoms with Crippen LogP contribution < -0.4 is 5.73 Å². The lowest BCUT2D eigenvalue weighted by molar-refractivity contribution is 0.363. The van der Waals surface area contributed by atoms with E-state index in [4.69, 9.17) is 10.3 Å². The number of aromatic nitrogens is 2. The van der Waals surface area contributed by atoms with E-state index < -0.39 is 6.04 Å². The second-order valence-electron chi connectivity index (χ2n) is 4.78. The molecule has 2 aromatic carbocycles. The van der Waals surface area contributed by atoms with Gasteiger partial charge in [-0.15, -0.1) is 0 Å². The minimum atomic E-state index is -0.424. The third-order valence-corrected chi connectivity index (χ3v) is 3.21. The van der Waals surface area contributed by atoms with Crippen LogP contribution in [0.25, 0.3) is 0 Å². The molecule has 0 saturated heterocycles. The molecule has 0 aliphatic carbocycles. The Hall–Kier alpha value is -2.66. The molecular weight excluding hydrogens is 266 g/mol. The van der Waals surface area contributed by atoms with Crippen molar-refractivity contribution in [2.24, 2.45) is 5.73 Å². The van der Waals surface area contributed by atoms with Crippen LogP contribution in [0.1, 0.15) is 28.9 Å². The van der Waals surface area contributed by atoms with Crippen molar-refractivity contribution < 1.29 is 9.63 Å². The standard InChI is InChI=1S/C16H15N3O2/c17-15(12-4-2-1-3-5-12)16-18-14(19-21-16)10-11-6-8-13(20)9-7-11/h1-9,15,20H,10,17H2/t15-/m0/s1. The van der Waals surface area contributed by atoms with Gasteiger partial charge in [0.1, 0.15) is 11.8 Å². The van der Waals surface area contributed by atoms with Gasteiger partial charge >= 0.3 is 0 Å². The van der Waals surface area contributed by atoms with Gasteiger partial charge in [0.2, 0.25) is 5.89 Å². The second-order valence-corrected chi connectivity index (χ2v) is 4.78. The summed E-state index contributed by atoms with van der Waals surface area (Å²) in [5.74, 6) is 1.20. The van der Waals surface area contributed by atoms with Crippen LogP contribution in [0.2, 0.25) is 0 Å². The van der Waals surface area contributed by atoms with Gasteiger partial charge < -0.3 is 15.4 Å². The number of nitrogens with zero attached hydrogens (tertiary/aromatic N) is 2. The van der Waals surface area contributed by atoms with E-state index in [1.807, 2.05) is 42.5 Å². The summed E-state index contributed by atoms with van der Waals surface area (Å²) < 4.78 is 5.24. The fourth-order valence-corrected chi connectivity index (χ4v) is 2.06. The van der Waals surface area contributed by atoms with Crippen molar-refractivity contribution in [3.8, 4) is 5.75 Å². The molecule has 0 aliphatic rings. The van der Waals surface area contributed by atoms with Gasteiger partial charge in [-0.1, -0.05) is 47.6 Å². The number of aromatic hydroxyl groups is 1. The lowest BCUT2D eigenvalue weighted by Crippen LogP contribution is -2.12. The molecule has 0 amide bonds. The summed E-state index contributed by atoms with van der Waals surface area (Å²) in [4.78, 5) is 4.34. The Morgan fingerprint density at radius 2 is 1.76 bits per heavy atom. The van der Waals surface area contributed by atoms with Gasteiger partial charge in [0, 0.05) is 6.42 Å². The zero-order chi connectivity index (χ0) is 14.7. The number of hydrogen-bond donors (Lipinski definition) is 2. The minimum Gasteiger partial charge on any atom is -0.508 e. The van der Waals surface area contributed by atoms with Gasteiger partial charge in [-0.3, -0.25) is 0 Å². The van der Waals surface area contributed by atoms with E-state index in [1.54, 1.807) is 12.1 Å². The van der Waals surface area contributed by atoms with Crippen LogP contribution in [0.4, 0.5) is 0 Å². The number of phenolic OH excluding ortho intramolecular Hbond substituents is 1. The highest BCUT2D eigenvalue weighted by Crippen LogP contribution is 2.18. The molecule has 0 aliphatic heterocycles. The first-order chi connectivity index (χ1) is 10.2. The molecular formula is C16H15N3O2. The Balaban J connectivity index is 1.75. The summed E-state index contributed by atoms with van der Waals surface area (Å²) in [6.07, 6.45) is 0.533. The molecule has 21 heavy (non-hydrogen) atoms. The normalized spacial score (nSPS) is 12.2. The molecule has 0 fully saturated rings. The van der Waals surface area contributed by atoms with Crippen molar-refractivity contribution >= 4 is 0 Å². The number of nitrogens with two attached hydrogens (primary N) is 1. The van der Waals surface area contributed by atoms with E-state index in [0.717, 1.165) is 11.1 Å². The van der Waals surface area contributed by atoms with Crippen molar-refractivity contribution in [3.63, 3.8) is 0 Å². The maximum Gasteiger partial charge on any atom is 0.248 e. The molecule has 0 spiro atoms. The lowest BCUT2D eigenvalue weighted by Gasteiger charge is -2.05. The van der Waals surface area contributed by atoms with E-state index in [-0.39, 0.29) is 5.75 Å². The van der Waals surface area contributed by atoms with Gasteiger partial charge in [0.25, 0.3) is 0 Å². The Bertz CT molecular complexity index is 708. The first-order valence-electron chi connectivity index (χ1n) is 6.63. The first-order valence-corrected chi connectivity index (χ1v) is 6.63. The Morgan fingerprint density at radius 3 is 2.48 bits per heavy atom. The fraction of sp³-hybridized carbons (Fsp3) is 0.125. The number of phenols is 1. The van der Waals surface area contributed by atoms with Crippen molar-refractivity contribution in [2.45, 2.75) is 12.5 Å². The summed E-state index contributed by atoms with van der Waals surface area (Å²) in [6, 6.07) is 16.1. The second kappa shape index (κ2) is 5.76. The molecule has 106 valence electrons. The lowest BCUT2D eigenvalue weighted by atomic mass is 10.1. The van der Waals surface area contributed by atoms with Gasteiger partial charge in [-0.25, -0.2) is 0 Å². The maximum absolute atomic E-state index is 9.26. The predicted octanol–water partition coefficient (Wildman–Crippen LogP) is 2.41. The fourth-order valence-electron chi connectivity index (χ4n) is 2.06. The van der Waals surface area contributed by atoms with E-state index in [9.17, 15) is 5.11 Å². The molecule has 0 saturated carbocycles. The Kier molecular flexibility index (Phi) is 3.66. The SMILES string of the molecule is N[C@@H](c1ccccc1)c1nc(Cc2ccc(O)cc2)no1. The molecule has 1 atom stereocenters. The monoisotopic (exact) mass is 281 g/mol. The van der Waals surface area contributed by atoms with Gasteiger partial charge in [-0.2, -0.15) is 4.98 Å². The minimum absolute atomic E-state index is 0.235. The van der Waals surface area contributed by atoms with Crippen LogP contribution in [0.5, 0.6) is 5.75 Å². The zero-order valence-corrected chi connectivity index (χ0v) is 11.3. The highest BCUT2D eigenvalue weighted by molar-refractivity contribution is 5.28. The molecule has 0 radical (unpaired) electrons. The zero-order valence-electron chi connectivity index (χ0n) is 11.3. The summed E-state index contributed by atoms with van der Waals surface area (Å²) in [6.45, 7) is 0. The average molecular weight is 281 g/mol. The van der Waals surface area contributed by atoms with Crippen LogP contribution in [-0.4, -0.2) is 15.2 Å². The molecule has 3 aromatic rings. The van der Waals surface area contributed by atoms with Crippen molar-refractivity contribution in [2.75, 3.05) is 0 Å². The highest BCUT2D eigenvalue weighted by atomic mass is 16.5. The smallest absolute Gasteiger partial charge is 0.248 e. The third kappa shape index (κ3) is 3.09. The molecule has 3 rings (SSSR count). The summed E-state index contributed by atoms with van der Waals surface area (Å²) in [5.41, 5.74) is 8.04. The van der Waals surface area contributed by atoms with Crippen LogP contribution in [0, 0.1) is 0 Å². The van der Waals surface area contributed by atoms with Gasteiger partial charge in [-0.05, 0) is 23.3 Å². The van der Waals surface area contributed by atoms with Crippen LogP contribution >= 0.6 is 0 Å².